The Hall–Kier alpha value is -2.57. The predicted octanol–water partition coefficient (Wildman–Crippen LogP) is 4.00. The number of para-hydroxylation sites is 1. The molecule has 0 bridgehead atoms. The van der Waals surface area contributed by atoms with Crippen molar-refractivity contribution in [2.24, 2.45) is 10.9 Å². The number of carbonyl (C=O) groups is 1. The minimum atomic E-state index is -0.206. The number of hydrogen-bond donors (Lipinski definition) is 1. The van der Waals surface area contributed by atoms with Crippen molar-refractivity contribution in [3.05, 3.63) is 53.1 Å². The van der Waals surface area contributed by atoms with Gasteiger partial charge in [0, 0.05) is 30.7 Å². The first-order valence-corrected chi connectivity index (χ1v) is 10.2. The molecule has 0 radical (unpaired) electrons. The minimum Gasteiger partial charge on any atom is -0.469 e. The van der Waals surface area contributed by atoms with Gasteiger partial charge in [-0.15, -0.1) is 0 Å². The average Bonchev–Trinajstić information content (AvgIpc) is 2.91. The van der Waals surface area contributed by atoms with E-state index in [0.29, 0.717) is 29.4 Å². The molecule has 0 amide bonds. The predicted molar refractivity (Wildman–Crippen MR) is 113 cm³/mol. The second kappa shape index (κ2) is 8.43. The van der Waals surface area contributed by atoms with Crippen LogP contribution in [0.15, 0.2) is 47.5 Å². The molecule has 2 aliphatic heterocycles. The lowest BCUT2D eigenvalue weighted by molar-refractivity contribution is -0.147. The molecule has 29 heavy (non-hydrogen) atoms. The monoisotopic (exact) mass is 413 g/mol. The highest BCUT2D eigenvalue weighted by Gasteiger charge is 2.33. The van der Waals surface area contributed by atoms with E-state index in [2.05, 4.69) is 10.2 Å². The number of nitrogens with zero attached hydrogens (tertiary/aromatic N) is 2. The molecule has 2 atom stereocenters. The van der Waals surface area contributed by atoms with Crippen LogP contribution in [0.2, 0.25) is 5.02 Å². The van der Waals surface area contributed by atoms with Crippen LogP contribution in [0, 0.1) is 5.92 Å². The summed E-state index contributed by atoms with van der Waals surface area (Å²) in [6.07, 6.45) is 0.711. The van der Waals surface area contributed by atoms with Crippen LogP contribution in [0.5, 0.6) is 11.5 Å². The minimum absolute atomic E-state index is 0.0148. The van der Waals surface area contributed by atoms with Crippen LogP contribution in [0.3, 0.4) is 0 Å². The lowest BCUT2D eigenvalue weighted by Gasteiger charge is -2.38. The van der Waals surface area contributed by atoms with Gasteiger partial charge >= 0.3 is 5.97 Å². The van der Waals surface area contributed by atoms with Gasteiger partial charge in [0.2, 0.25) is 0 Å². The van der Waals surface area contributed by atoms with E-state index in [0.717, 1.165) is 30.2 Å². The number of benzene rings is 2. The number of amidine groups is 1. The molecule has 1 N–H and O–H groups in total. The first kappa shape index (κ1) is 19.7. The highest BCUT2D eigenvalue weighted by Crippen LogP contribution is 2.39. The van der Waals surface area contributed by atoms with Crippen molar-refractivity contribution in [1.82, 2.24) is 10.2 Å². The first-order valence-electron chi connectivity index (χ1n) is 9.82. The number of rotatable bonds is 3. The topological polar surface area (TPSA) is 63.2 Å². The Kier molecular flexibility index (Phi) is 5.74. The fraction of sp³-hybridized carbons (Fsp3) is 0.364. The number of hydrogen-bond acceptors (Lipinski definition) is 6. The van der Waals surface area contributed by atoms with Crippen molar-refractivity contribution in [3.63, 3.8) is 0 Å². The Morgan fingerprint density at radius 2 is 2.17 bits per heavy atom. The summed E-state index contributed by atoms with van der Waals surface area (Å²) in [5.74, 6) is 1.86. The average molecular weight is 414 g/mol. The SMILES string of the molecule is CC[C@H](C(=O)OC)[C@H]1CN(C2=Nc3cc(Cl)ccc3Oc3ccccc32)CCN1. The van der Waals surface area contributed by atoms with E-state index in [-0.39, 0.29) is 17.9 Å². The van der Waals surface area contributed by atoms with Gasteiger partial charge in [-0.05, 0) is 36.8 Å². The van der Waals surface area contributed by atoms with Gasteiger partial charge in [0.1, 0.15) is 17.3 Å². The van der Waals surface area contributed by atoms with E-state index >= 15 is 0 Å². The molecule has 152 valence electrons. The first-order chi connectivity index (χ1) is 14.1. The molecule has 2 heterocycles. The van der Waals surface area contributed by atoms with E-state index in [1.165, 1.54) is 7.11 Å². The molecule has 0 saturated carbocycles. The van der Waals surface area contributed by atoms with E-state index in [9.17, 15) is 4.79 Å². The summed E-state index contributed by atoms with van der Waals surface area (Å²) in [5.41, 5.74) is 1.62. The lowest BCUT2D eigenvalue weighted by Crippen LogP contribution is -2.56. The van der Waals surface area contributed by atoms with Gasteiger partial charge in [-0.25, -0.2) is 4.99 Å². The summed E-state index contributed by atoms with van der Waals surface area (Å²) in [7, 11) is 1.44. The van der Waals surface area contributed by atoms with Crippen molar-refractivity contribution < 1.29 is 14.3 Å². The maximum absolute atomic E-state index is 12.2. The maximum atomic E-state index is 12.2. The van der Waals surface area contributed by atoms with Gasteiger partial charge in [0.15, 0.2) is 5.75 Å². The number of fused-ring (bicyclic) bond motifs is 2. The molecule has 1 fully saturated rings. The fourth-order valence-electron chi connectivity index (χ4n) is 3.95. The third kappa shape index (κ3) is 3.95. The van der Waals surface area contributed by atoms with E-state index < -0.39 is 0 Å². The second-order valence-corrected chi connectivity index (χ2v) is 7.63. The molecule has 7 heteroatoms. The molecule has 2 aromatic rings. The number of carbonyl (C=O) groups excluding carboxylic acids is 1. The summed E-state index contributed by atoms with van der Waals surface area (Å²) in [4.78, 5) is 19.4. The summed E-state index contributed by atoms with van der Waals surface area (Å²) in [6.45, 7) is 4.18. The Morgan fingerprint density at radius 3 is 2.97 bits per heavy atom. The standard InChI is InChI=1S/C22H24ClN3O3/c1-3-15(22(27)28-2)18-13-26(11-10-24-18)21-16-6-4-5-7-19(16)29-20-9-8-14(23)12-17(20)25-21/h4-9,12,15,18,24H,3,10-11,13H2,1-2H3/t15-,18+/m0/s1. The zero-order valence-electron chi connectivity index (χ0n) is 16.5. The number of nitrogens with one attached hydrogen (secondary N) is 1. The smallest absolute Gasteiger partial charge is 0.310 e. The number of aliphatic imine (C=N–C) groups is 1. The third-order valence-electron chi connectivity index (χ3n) is 5.43. The van der Waals surface area contributed by atoms with Crippen molar-refractivity contribution in [3.8, 4) is 11.5 Å². The molecular formula is C22H24ClN3O3. The van der Waals surface area contributed by atoms with Gasteiger partial charge in [0.25, 0.3) is 0 Å². The van der Waals surface area contributed by atoms with Crippen LogP contribution in [-0.4, -0.2) is 49.5 Å². The molecule has 0 aromatic heterocycles. The normalized spacial score (nSPS) is 19.2. The molecule has 0 unspecified atom stereocenters. The Labute approximate surface area is 175 Å². The Morgan fingerprint density at radius 1 is 1.34 bits per heavy atom. The molecule has 2 aliphatic rings. The van der Waals surface area contributed by atoms with Gasteiger partial charge in [-0.2, -0.15) is 0 Å². The van der Waals surface area contributed by atoms with E-state index in [1.807, 2.05) is 43.3 Å². The maximum Gasteiger partial charge on any atom is 0.310 e. The van der Waals surface area contributed by atoms with Gasteiger partial charge < -0.3 is 19.7 Å². The lowest BCUT2D eigenvalue weighted by atomic mass is 9.94. The molecule has 0 spiro atoms. The molecule has 6 nitrogen and oxygen atoms in total. The summed E-state index contributed by atoms with van der Waals surface area (Å²) < 4.78 is 11.2. The van der Waals surface area contributed by atoms with Crippen LogP contribution in [-0.2, 0) is 9.53 Å². The van der Waals surface area contributed by atoms with Gasteiger partial charge in [0.05, 0.1) is 18.6 Å². The summed E-state index contributed by atoms with van der Waals surface area (Å²) in [6, 6.07) is 13.3. The number of methoxy groups -OCH3 is 1. The zero-order valence-corrected chi connectivity index (χ0v) is 17.3. The number of ether oxygens (including phenoxy) is 2. The van der Waals surface area contributed by atoms with Gasteiger partial charge in [-0.1, -0.05) is 30.7 Å². The molecule has 1 saturated heterocycles. The zero-order chi connectivity index (χ0) is 20.4. The molecule has 4 rings (SSSR count). The highest BCUT2D eigenvalue weighted by atomic mass is 35.5. The Bertz CT molecular complexity index is 947. The number of esters is 1. The number of halogens is 1. The van der Waals surface area contributed by atoms with Crippen molar-refractivity contribution in [2.45, 2.75) is 19.4 Å². The van der Waals surface area contributed by atoms with Crippen LogP contribution in [0.4, 0.5) is 5.69 Å². The molecule has 0 aliphatic carbocycles. The third-order valence-corrected chi connectivity index (χ3v) is 5.66. The highest BCUT2D eigenvalue weighted by molar-refractivity contribution is 6.31. The Balaban J connectivity index is 1.72. The number of piperazine rings is 1. The van der Waals surface area contributed by atoms with E-state index in [1.54, 1.807) is 6.07 Å². The molecule has 2 aromatic carbocycles. The van der Waals surface area contributed by atoms with Crippen molar-refractivity contribution in [1.29, 1.82) is 0 Å². The summed E-state index contributed by atoms with van der Waals surface area (Å²) >= 11 is 6.21. The molecular weight excluding hydrogens is 390 g/mol. The van der Waals surface area contributed by atoms with Crippen LogP contribution in [0.1, 0.15) is 18.9 Å². The quantitative estimate of drug-likeness (QED) is 0.770. The van der Waals surface area contributed by atoms with Crippen molar-refractivity contribution in [2.75, 3.05) is 26.7 Å². The van der Waals surface area contributed by atoms with Gasteiger partial charge in [-0.3, -0.25) is 4.79 Å². The summed E-state index contributed by atoms with van der Waals surface area (Å²) in [5, 5.41) is 4.08. The van der Waals surface area contributed by atoms with Crippen molar-refractivity contribution >= 4 is 29.1 Å². The second-order valence-electron chi connectivity index (χ2n) is 7.19. The van der Waals surface area contributed by atoms with Crippen LogP contribution in [0.25, 0.3) is 0 Å². The fourth-order valence-corrected chi connectivity index (χ4v) is 4.11. The largest absolute Gasteiger partial charge is 0.469 e. The van der Waals surface area contributed by atoms with E-state index in [4.69, 9.17) is 26.1 Å². The van der Waals surface area contributed by atoms with Crippen LogP contribution >= 0.6 is 11.6 Å². The van der Waals surface area contributed by atoms with Crippen LogP contribution < -0.4 is 10.1 Å².